The van der Waals surface area contributed by atoms with Crippen LogP contribution in [0.4, 0.5) is 0 Å². The number of nitrogens with one attached hydrogen (secondary N) is 1. The monoisotopic (exact) mass is 335 g/mol. The number of halogens is 1. The molecule has 1 aromatic carbocycles. The fraction of sp³-hybridized carbons (Fsp3) is 0.455. The molecule has 1 aromatic rings. The van der Waals surface area contributed by atoms with Gasteiger partial charge in [0.1, 0.15) is 17.9 Å². The summed E-state index contributed by atoms with van der Waals surface area (Å²) in [6.45, 7) is 2.84. The number of fused-ring (bicyclic) bond motifs is 1. The molecule has 0 amide bonds. The number of ether oxygens (including phenoxy) is 2. The minimum Gasteiger partial charge on any atom is -0.486 e. The van der Waals surface area contributed by atoms with E-state index in [1.54, 1.807) is 19.1 Å². The van der Waals surface area contributed by atoms with Crippen molar-refractivity contribution in [2.75, 3.05) is 17.9 Å². The molecule has 100 valence electrons. The molecule has 0 spiro atoms. The van der Waals surface area contributed by atoms with Gasteiger partial charge in [0.05, 0.1) is 0 Å². The Kier molecular flexibility index (Phi) is 4.14. The zero-order valence-corrected chi connectivity index (χ0v) is 12.3. The number of sulfonamides is 1. The SMILES string of the molecule is CC(NS(=O)(=O)CBr)c1ccc2c(c1)OCCO2. The molecule has 0 aromatic heterocycles. The van der Waals surface area contributed by atoms with E-state index in [1.165, 1.54) is 0 Å². The Balaban J connectivity index is 2.18. The van der Waals surface area contributed by atoms with Crippen molar-refractivity contribution in [1.29, 1.82) is 0 Å². The molecule has 1 aliphatic heterocycles. The highest BCUT2D eigenvalue weighted by atomic mass is 79.9. The van der Waals surface area contributed by atoms with E-state index in [-0.39, 0.29) is 10.7 Å². The van der Waals surface area contributed by atoms with Crippen molar-refractivity contribution in [3.05, 3.63) is 23.8 Å². The summed E-state index contributed by atoms with van der Waals surface area (Å²) in [6.07, 6.45) is 0. The Hall–Kier alpha value is -0.790. The van der Waals surface area contributed by atoms with Crippen molar-refractivity contribution >= 4 is 26.0 Å². The van der Waals surface area contributed by atoms with Gasteiger partial charge in [0, 0.05) is 6.04 Å². The predicted octanol–water partition coefficient (Wildman–Crippen LogP) is 1.79. The van der Waals surface area contributed by atoms with E-state index in [0.29, 0.717) is 24.7 Å². The molecule has 0 aliphatic carbocycles. The maximum atomic E-state index is 11.5. The highest BCUT2D eigenvalue weighted by Gasteiger charge is 2.17. The lowest BCUT2D eigenvalue weighted by Crippen LogP contribution is -2.27. The van der Waals surface area contributed by atoms with E-state index < -0.39 is 10.0 Å². The van der Waals surface area contributed by atoms with Crippen molar-refractivity contribution in [1.82, 2.24) is 4.72 Å². The van der Waals surface area contributed by atoms with E-state index in [2.05, 4.69) is 20.7 Å². The van der Waals surface area contributed by atoms with E-state index in [4.69, 9.17) is 9.47 Å². The summed E-state index contributed by atoms with van der Waals surface area (Å²) in [5.41, 5.74) is 0.837. The first kappa shape index (κ1) is 13.6. The molecule has 0 saturated heterocycles. The van der Waals surface area contributed by atoms with Gasteiger partial charge in [0.15, 0.2) is 11.5 Å². The van der Waals surface area contributed by atoms with Crippen LogP contribution in [0.2, 0.25) is 0 Å². The van der Waals surface area contributed by atoms with Crippen molar-refractivity contribution in [2.45, 2.75) is 13.0 Å². The van der Waals surface area contributed by atoms with Crippen molar-refractivity contribution in [3.63, 3.8) is 0 Å². The van der Waals surface area contributed by atoms with Crippen LogP contribution in [0.3, 0.4) is 0 Å². The lowest BCUT2D eigenvalue weighted by atomic mass is 10.1. The van der Waals surface area contributed by atoms with Gasteiger partial charge in [-0.3, -0.25) is 0 Å². The largest absolute Gasteiger partial charge is 0.486 e. The summed E-state index contributed by atoms with van der Waals surface area (Å²) in [6, 6.07) is 5.11. The van der Waals surface area contributed by atoms with E-state index in [0.717, 1.165) is 5.56 Å². The number of benzene rings is 1. The molecule has 1 heterocycles. The third-order valence-electron chi connectivity index (χ3n) is 2.57. The highest BCUT2D eigenvalue weighted by molar-refractivity contribution is 9.10. The van der Waals surface area contributed by atoms with Gasteiger partial charge in [-0.15, -0.1) is 0 Å². The van der Waals surface area contributed by atoms with Gasteiger partial charge in [-0.2, -0.15) is 0 Å². The van der Waals surface area contributed by atoms with Gasteiger partial charge in [0.25, 0.3) is 0 Å². The first-order valence-corrected chi connectivity index (χ1v) is 8.25. The fourth-order valence-electron chi connectivity index (χ4n) is 1.70. The van der Waals surface area contributed by atoms with Crippen LogP contribution in [0.1, 0.15) is 18.5 Å². The summed E-state index contributed by atoms with van der Waals surface area (Å²) in [4.78, 5) is 0. The van der Waals surface area contributed by atoms with Gasteiger partial charge in [-0.25, -0.2) is 13.1 Å². The fourth-order valence-corrected chi connectivity index (χ4v) is 2.83. The smallest absolute Gasteiger partial charge is 0.222 e. The molecule has 1 aliphatic rings. The molecule has 0 fully saturated rings. The molecular formula is C11H14BrNO4S. The zero-order valence-electron chi connectivity index (χ0n) is 9.85. The molecular weight excluding hydrogens is 322 g/mol. The van der Waals surface area contributed by atoms with Gasteiger partial charge in [0.2, 0.25) is 10.0 Å². The van der Waals surface area contributed by atoms with Crippen molar-refractivity contribution in [3.8, 4) is 11.5 Å². The molecule has 2 rings (SSSR count). The number of rotatable bonds is 4. The van der Waals surface area contributed by atoms with Gasteiger partial charge in [-0.1, -0.05) is 22.0 Å². The molecule has 18 heavy (non-hydrogen) atoms. The van der Waals surface area contributed by atoms with Crippen LogP contribution in [-0.2, 0) is 10.0 Å². The number of hydrogen-bond acceptors (Lipinski definition) is 4. The van der Waals surface area contributed by atoms with E-state index in [9.17, 15) is 8.42 Å². The second kappa shape index (κ2) is 5.46. The quantitative estimate of drug-likeness (QED) is 0.852. The molecule has 1 unspecified atom stereocenters. The third-order valence-corrected chi connectivity index (χ3v) is 5.37. The van der Waals surface area contributed by atoms with Crippen LogP contribution in [0.25, 0.3) is 0 Å². The van der Waals surface area contributed by atoms with Crippen LogP contribution in [-0.4, -0.2) is 26.3 Å². The molecule has 5 nitrogen and oxygen atoms in total. The van der Waals surface area contributed by atoms with Crippen LogP contribution >= 0.6 is 15.9 Å². The second-order valence-electron chi connectivity index (χ2n) is 3.97. The standard InChI is InChI=1S/C11H14BrNO4S/c1-8(13-18(14,15)7-12)9-2-3-10-11(6-9)17-5-4-16-10/h2-3,6,8,13H,4-5,7H2,1H3. The third kappa shape index (κ3) is 3.15. The molecule has 1 N–H and O–H groups in total. The first-order chi connectivity index (χ1) is 8.52. The summed E-state index contributed by atoms with van der Waals surface area (Å²) in [5, 5.41) is 0. The molecule has 0 radical (unpaired) electrons. The summed E-state index contributed by atoms with van der Waals surface area (Å²) in [5.74, 6) is 1.35. The average molecular weight is 336 g/mol. The second-order valence-corrected chi connectivity index (χ2v) is 7.02. The molecule has 1 atom stereocenters. The number of hydrogen-bond donors (Lipinski definition) is 1. The Morgan fingerprint density at radius 3 is 2.67 bits per heavy atom. The Morgan fingerprint density at radius 2 is 2.00 bits per heavy atom. The molecule has 7 heteroatoms. The van der Waals surface area contributed by atoms with E-state index in [1.807, 2.05) is 6.07 Å². The lowest BCUT2D eigenvalue weighted by Gasteiger charge is -2.20. The number of alkyl halides is 1. The van der Waals surface area contributed by atoms with Crippen LogP contribution in [0.15, 0.2) is 18.2 Å². The minimum absolute atomic E-state index is 0.116. The summed E-state index contributed by atoms with van der Waals surface area (Å²) in [7, 11) is -3.29. The maximum Gasteiger partial charge on any atom is 0.222 e. The van der Waals surface area contributed by atoms with Gasteiger partial charge < -0.3 is 9.47 Å². The Morgan fingerprint density at radius 1 is 1.33 bits per heavy atom. The molecule has 0 saturated carbocycles. The lowest BCUT2D eigenvalue weighted by molar-refractivity contribution is 0.171. The van der Waals surface area contributed by atoms with Crippen molar-refractivity contribution < 1.29 is 17.9 Å². The predicted molar refractivity (Wildman–Crippen MR) is 71.7 cm³/mol. The first-order valence-electron chi connectivity index (χ1n) is 5.47. The topological polar surface area (TPSA) is 64.6 Å². The minimum atomic E-state index is -3.29. The Labute approximate surface area is 115 Å². The van der Waals surface area contributed by atoms with Crippen LogP contribution in [0, 0.1) is 0 Å². The maximum absolute atomic E-state index is 11.5. The summed E-state index contributed by atoms with van der Waals surface area (Å²) >= 11 is 2.94. The van der Waals surface area contributed by atoms with Gasteiger partial charge in [-0.05, 0) is 24.6 Å². The molecule has 0 bridgehead atoms. The van der Waals surface area contributed by atoms with Gasteiger partial charge >= 0.3 is 0 Å². The average Bonchev–Trinajstić information content (AvgIpc) is 2.37. The zero-order chi connectivity index (χ0) is 13.2. The van der Waals surface area contributed by atoms with Crippen LogP contribution in [0.5, 0.6) is 11.5 Å². The summed E-state index contributed by atoms with van der Waals surface area (Å²) < 4.78 is 36.2. The Bertz CT molecular complexity index is 532. The van der Waals surface area contributed by atoms with Crippen molar-refractivity contribution in [2.24, 2.45) is 0 Å². The highest BCUT2D eigenvalue weighted by Crippen LogP contribution is 2.32. The normalized spacial score (nSPS) is 16.3. The van der Waals surface area contributed by atoms with Crippen LogP contribution < -0.4 is 14.2 Å². The van der Waals surface area contributed by atoms with E-state index >= 15 is 0 Å².